The number of hydrogen-bond donors (Lipinski definition) is 3. The Labute approximate surface area is 259 Å². The first-order chi connectivity index (χ1) is 21.3. The molecule has 4 fully saturated rings. The van der Waals surface area contributed by atoms with Gasteiger partial charge < -0.3 is 15.6 Å². The van der Waals surface area contributed by atoms with E-state index in [2.05, 4.69) is 20.7 Å². The van der Waals surface area contributed by atoms with Crippen molar-refractivity contribution in [1.29, 1.82) is 0 Å². The summed E-state index contributed by atoms with van der Waals surface area (Å²) in [6.07, 6.45) is 5.08. The van der Waals surface area contributed by atoms with Gasteiger partial charge in [0.15, 0.2) is 0 Å². The van der Waals surface area contributed by atoms with Crippen molar-refractivity contribution < 1.29 is 27.2 Å². The van der Waals surface area contributed by atoms with Crippen LogP contribution in [0, 0.1) is 23.2 Å². The standard InChI is InChI=1S/C33H40F4N6O2/c1-18(2)43-26(7-8-38-43)30(45)41-25(9-19-12-31(13-19)16-33(36,37)17-31)29-39-23-6-5-22(11-24(23)40-29)28(21-3-4-21)42-27(44)10-20-14-32(34,35)15-20/h5-8,11,18-21,25,28H,3-4,9-10,12-17H2,1-2H3,(H,39,40)(H,41,45)(H,42,44)/t25-,28+/m0/s1. The topological polar surface area (TPSA) is 105 Å². The molecule has 0 saturated heterocycles. The summed E-state index contributed by atoms with van der Waals surface area (Å²) in [5.41, 5.74) is 2.55. The molecule has 2 amide bonds. The SMILES string of the molecule is CC(C)n1nccc1C(=O)N[C@@H](CC1CC2(C1)CC(F)(F)C2)c1nc2ccc([C@H](NC(=O)CC3CC(F)(F)C3)C3CC3)cc2[nH]1. The van der Waals surface area contributed by atoms with Crippen molar-refractivity contribution in [2.75, 3.05) is 0 Å². The van der Waals surface area contributed by atoms with Crippen LogP contribution in [0.3, 0.4) is 0 Å². The van der Waals surface area contributed by atoms with Gasteiger partial charge in [0.05, 0.1) is 23.1 Å². The summed E-state index contributed by atoms with van der Waals surface area (Å²) < 4.78 is 55.5. The zero-order chi connectivity index (χ0) is 31.7. The minimum atomic E-state index is -2.65. The molecule has 4 aliphatic rings. The molecule has 2 atom stereocenters. The second-order valence-electron chi connectivity index (χ2n) is 14.6. The van der Waals surface area contributed by atoms with Gasteiger partial charge in [0.25, 0.3) is 5.91 Å². The second kappa shape index (κ2) is 10.8. The van der Waals surface area contributed by atoms with Crippen LogP contribution < -0.4 is 10.6 Å². The lowest BCUT2D eigenvalue weighted by molar-refractivity contribution is -0.207. The maximum Gasteiger partial charge on any atom is 0.270 e. The Balaban J connectivity index is 1.09. The number of fused-ring (bicyclic) bond motifs is 1. The highest BCUT2D eigenvalue weighted by molar-refractivity contribution is 5.92. The molecule has 1 aromatic carbocycles. The zero-order valence-electron chi connectivity index (χ0n) is 25.6. The summed E-state index contributed by atoms with van der Waals surface area (Å²) in [4.78, 5) is 34.5. The Morgan fingerprint density at radius 2 is 1.73 bits per heavy atom. The lowest BCUT2D eigenvalue weighted by Gasteiger charge is -2.57. The normalized spacial score (nSPS) is 24.5. The fourth-order valence-electron chi connectivity index (χ4n) is 8.11. The lowest BCUT2D eigenvalue weighted by atomic mass is 9.49. The third kappa shape index (κ3) is 6.21. The molecule has 8 nitrogen and oxygen atoms in total. The van der Waals surface area contributed by atoms with Gasteiger partial charge in [0.2, 0.25) is 17.8 Å². The van der Waals surface area contributed by atoms with Crippen LogP contribution >= 0.6 is 0 Å². The van der Waals surface area contributed by atoms with Gasteiger partial charge in [-0.3, -0.25) is 14.3 Å². The predicted molar refractivity (Wildman–Crippen MR) is 159 cm³/mol. The van der Waals surface area contributed by atoms with Gasteiger partial charge in [-0.2, -0.15) is 5.10 Å². The summed E-state index contributed by atoms with van der Waals surface area (Å²) in [6, 6.07) is 6.78. The Hall–Kier alpha value is -3.44. The van der Waals surface area contributed by atoms with Gasteiger partial charge in [-0.1, -0.05) is 6.07 Å². The smallest absolute Gasteiger partial charge is 0.270 e. The molecule has 0 aliphatic heterocycles. The summed E-state index contributed by atoms with van der Waals surface area (Å²) in [5, 5.41) is 10.5. The van der Waals surface area contributed by atoms with E-state index >= 15 is 0 Å². The minimum absolute atomic E-state index is 0.00911. The van der Waals surface area contributed by atoms with Gasteiger partial charge in [0, 0.05) is 44.3 Å². The van der Waals surface area contributed by atoms with Crippen LogP contribution in [0.4, 0.5) is 17.6 Å². The van der Waals surface area contributed by atoms with Crippen LogP contribution in [0.15, 0.2) is 30.5 Å². The number of hydrogen-bond acceptors (Lipinski definition) is 4. The quantitative estimate of drug-likeness (QED) is 0.198. The van der Waals surface area contributed by atoms with E-state index in [1.807, 2.05) is 32.0 Å². The second-order valence-corrected chi connectivity index (χ2v) is 14.6. The molecule has 3 aromatic rings. The van der Waals surface area contributed by atoms with Crippen molar-refractivity contribution in [2.24, 2.45) is 23.2 Å². The van der Waals surface area contributed by atoms with E-state index < -0.39 is 17.9 Å². The molecule has 2 aromatic heterocycles. The van der Waals surface area contributed by atoms with Crippen molar-refractivity contribution in [3.8, 4) is 0 Å². The summed E-state index contributed by atoms with van der Waals surface area (Å²) in [7, 11) is 0. The Morgan fingerprint density at radius 3 is 2.38 bits per heavy atom. The summed E-state index contributed by atoms with van der Waals surface area (Å²) in [6.45, 7) is 3.90. The van der Waals surface area contributed by atoms with Gasteiger partial charge in [-0.05, 0) is 92.9 Å². The number of benzene rings is 1. The molecular weight excluding hydrogens is 588 g/mol. The molecule has 0 unspecified atom stereocenters. The first-order valence-corrected chi connectivity index (χ1v) is 16.2. The molecule has 7 rings (SSSR count). The van der Waals surface area contributed by atoms with E-state index in [1.54, 1.807) is 16.9 Å². The maximum absolute atomic E-state index is 13.6. The number of aromatic amines is 1. The number of nitrogens with zero attached hydrogens (tertiary/aromatic N) is 3. The third-order valence-electron chi connectivity index (χ3n) is 10.2. The van der Waals surface area contributed by atoms with Crippen LogP contribution in [0.1, 0.15) is 118 Å². The van der Waals surface area contributed by atoms with E-state index in [4.69, 9.17) is 4.98 Å². The summed E-state index contributed by atoms with van der Waals surface area (Å²) in [5.74, 6) is -4.91. The lowest BCUT2D eigenvalue weighted by Crippen LogP contribution is -2.54. The van der Waals surface area contributed by atoms with Crippen molar-refractivity contribution in [1.82, 2.24) is 30.4 Å². The average Bonchev–Trinajstić information content (AvgIpc) is 3.45. The number of nitrogens with one attached hydrogen (secondary N) is 3. The number of aromatic nitrogens is 4. The highest BCUT2D eigenvalue weighted by Crippen LogP contribution is 2.65. The first kappa shape index (κ1) is 30.2. The predicted octanol–water partition coefficient (Wildman–Crippen LogP) is 7.03. The Bertz CT molecular complexity index is 1590. The Morgan fingerprint density at radius 1 is 1.00 bits per heavy atom. The fourth-order valence-corrected chi connectivity index (χ4v) is 8.11. The number of amides is 2. The van der Waals surface area contributed by atoms with Gasteiger partial charge in [-0.15, -0.1) is 0 Å². The summed E-state index contributed by atoms with van der Waals surface area (Å²) >= 11 is 0. The minimum Gasteiger partial charge on any atom is -0.349 e. The van der Waals surface area contributed by atoms with E-state index in [1.165, 1.54) is 0 Å². The van der Waals surface area contributed by atoms with Gasteiger partial charge in [0.1, 0.15) is 11.5 Å². The number of rotatable bonds is 11. The number of halogens is 4. The zero-order valence-corrected chi connectivity index (χ0v) is 25.6. The Kier molecular flexibility index (Phi) is 7.27. The van der Waals surface area contributed by atoms with E-state index in [-0.39, 0.29) is 73.3 Å². The average molecular weight is 629 g/mol. The fraction of sp³-hybridized carbons (Fsp3) is 0.636. The highest BCUT2D eigenvalue weighted by atomic mass is 19.3. The van der Waals surface area contributed by atoms with Crippen LogP contribution in [0.2, 0.25) is 0 Å². The van der Waals surface area contributed by atoms with Crippen molar-refractivity contribution in [3.63, 3.8) is 0 Å². The van der Waals surface area contributed by atoms with Crippen LogP contribution in [-0.4, -0.2) is 43.4 Å². The number of imidazole rings is 1. The van der Waals surface area contributed by atoms with Crippen LogP contribution in [0.25, 0.3) is 11.0 Å². The number of carbonyl (C=O) groups is 2. The molecule has 3 N–H and O–H groups in total. The molecule has 45 heavy (non-hydrogen) atoms. The molecule has 12 heteroatoms. The van der Waals surface area contributed by atoms with E-state index in [9.17, 15) is 27.2 Å². The molecular formula is C33H40F4N6O2. The van der Waals surface area contributed by atoms with Crippen molar-refractivity contribution >= 4 is 22.8 Å². The molecule has 242 valence electrons. The van der Waals surface area contributed by atoms with Gasteiger partial charge in [-0.25, -0.2) is 22.5 Å². The number of alkyl halides is 4. The van der Waals surface area contributed by atoms with Crippen molar-refractivity contribution in [3.05, 3.63) is 47.5 Å². The largest absolute Gasteiger partial charge is 0.349 e. The molecule has 0 radical (unpaired) electrons. The van der Waals surface area contributed by atoms with Crippen LogP contribution in [-0.2, 0) is 4.79 Å². The van der Waals surface area contributed by atoms with E-state index in [0.717, 1.165) is 23.9 Å². The van der Waals surface area contributed by atoms with Crippen LogP contribution in [0.5, 0.6) is 0 Å². The third-order valence-corrected chi connectivity index (χ3v) is 10.2. The first-order valence-electron chi connectivity index (χ1n) is 16.2. The highest BCUT2D eigenvalue weighted by Gasteiger charge is 2.61. The number of H-pyrrole nitrogens is 1. The van der Waals surface area contributed by atoms with Crippen molar-refractivity contribution in [2.45, 2.75) is 108 Å². The number of carbonyl (C=O) groups excluding carboxylic acids is 2. The van der Waals surface area contributed by atoms with E-state index in [0.29, 0.717) is 42.2 Å². The maximum atomic E-state index is 13.6. The molecule has 4 aliphatic carbocycles. The molecule has 0 bridgehead atoms. The molecule has 1 spiro atoms. The van der Waals surface area contributed by atoms with Gasteiger partial charge >= 0.3 is 0 Å². The monoisotopic (exact) mass is 628 g/mol. The molecule has 2 heterocycles. The molecule has 4 saturated carbocycles.